The number of hydrogen-bond acceptors (Lipinski definition) is 2. The zero-order valence-corrected chi connectivity index (χ0v) is 11.2. The zero-order valence-electron chi connectivity index (χ0n) is 11.2. The molecule has 1 aliphatic heterocycles. The molecule has 4 nitrogen and oxygen atoms in total. The third-order valence-electron chi connectivity index (χ3n) is 3.64. The summed E-state index contributed by atoms with van der Waals surface area (Å²) in [6.45, 7) is 2.71. The molecular formula is C14H15F2NO3. The molecule has 108 valence electrons. The van der Waals surface area contributed by atoms with Crippen molar-refractivity contribution < 1.29 is 23.5 Å². The van der Waals surface area contributed by atoms with E-state index in [9.17, 15) is 18.4 Å². The van der Waals surface area contributed by atoms with E-state index in [1.54, 1.807) is 13.8 Å². The van der Waals surface area contributed by atoms with Crippen molar-refractivity contribution in [2.24, 2.45) is 5.92 Å². The van der Waals surface area contributed by atoms with E-state index in [-0.39, 0.29) is 12.1 Å². The van der Waals surface area contributed by atoms with Gasteiger partial charge >= 0.3 is 5.97 Å². The number of aryl methyl sites for hydroxylation is 1. The van der Waals surface area contributed by atoms with Crippen LogP contribution in [0.3, 0.4) is 0 Å². The Bertz CT molecular complexity index is 551. The molecule has 0 aromatic heterocycles. The van der Waals surface area contributed by atoms with E-state index in [0.717, 1.165) is 4.90 Å². The Kier molecular flexibility index (Phi) is 3.74. The van der Waals surface area contributed by atoms with Crippen LogP contribution in [-0.4, -0.2) is 35.0 Å². The van der Waals surface area contributed by atoms with Gasteiger partial charge in [0.25, 0.3) is 0 Å². The summed E-state index contributed by atoms with van der Waals surface area (Å²) in [4.78, 5) is 23.7. The Labute approximate surface area is 115 Å². The van der Waals surface area contributed by atoms with Gasteiger partial charge in [0.1, 0.15) is 18.2 Å². The first-order valence-corrected chi connectivity index (χ1v) is 6.27. The first-order chi connectivity index (χ1) is 9.31. The zero-order chi connectivity index (χ0) is 15.0. The second kappa shape index (κ2) is 5.19. The van der Waals surface area contributed by atoms with Gasteiger partial charge in [0.05, 0.1) is 0 Å². The minimum absolute atomic E-state index is 0.0171. The lowest BCUT2D eigenvalue weighted by Crippen LogP contribution is -2.32. The van der Waals surface area contributed by atoms with Gasteiger partial charge in [-0.2, -0.15) is 0 Å². The number of halogens is 2. The smallest absolute Gasteiger partial charge is 0.323 e. The van der Waals surface area contributed by atoms with Gasteiger partial charge in [-0.15, -0.1) is 0 Å². The molecule has 1 aromatic rings. The van der Waals surface area contributed by atoms with Crippen LogP contribution in [0.15, 0.2) is 12.1 Å². The molecule has 1 N–H and O–H groups in total. The molecule has 6 heteroatoms. The number of carboxylic acid groups (broad SMARTS) is 1. The maximum atomic E-state index is 14.0. The summed E-state index contributed by atoms with van der Waals surface area (Å²) in [6.07, 6.45) is 0. The Morgan fingerprint density at radius 2 is 1.95 bits per heavy atom. The second-order valence-electron chi connectivity index (χ2n) is 5.15. The molecule has 0 saturated carbocycles. The molecule has 1 fully saturated rings. The lowest BCUT2D eigenvalue weighted by atomic mass is 9.88. The predicted octanol–water partition coefficient (Wildman–Crippen LogP) is 1.92. The molecule has 2 atom stereocenters. The average Bonchev–Trinajstić information content (AvgIpc) is 2.56. The fourth-order valence-electron chi connectivity index (χ4n) is 2.66. The SMILES string of the molecule is Cc1cc(F)c([C@@H]2CN(CC(=O)O)C(=O)[C@H]2C)c(F)c1. The van der Waals surface area contributed by atoms with Crippen LogP contribution < -0.4 is 0 Å². The number of carbonyl (C=O) groups is 2. The first kappa shape index (κ1) is 14.4. The van der Waals surface area contributed by atoms with Crippen molar-refractivity contribution in [3.63, 3.8) is 0 Å². The van der Waals surface area contributed by atoms with Crippen LogP contribution in [-0.2, 0) is 9.59 Å². The maximum absolute atomic E-state index is 14.0. The lowest BCUT2D eigenvalue weighted by molar-refractivity contribution is -0.143. The third kappa shape index (κ3) is 2.50. The van der Waals surface area contributed by atoms with E-state index in [0.29, 0.717) is 5.56 Å². The summed E-state index contributed by atoms with van der Waals surface area (Å²) in [6, 6.07) is 2.44. The molecule has 1 heterocycles. The van der Waals surface area contributed by atoms with Crippen molar-refractivity contribution in [3.8, 4) is 0 Å². The van der Waals surface area contributed by atoms with Crippen molar-refractivity contribution in [2.45, 2.75) is 19.8 Å². The largest absolute Gasteiger partial charge is 0.480 e. The van der Waals surface area contributed by atoms with E-state index in [2.05, 4.69) is 0 Å². The molecule has 1 saturated heterocycles. The number of carbonyl (C=O) groups excluding carboxylic acids is 1. The highest BCUT2D eigenvalue weighted by molar-refractivity contribution is 5.85. The topological polar surface area (TPSA) is 57.6 Å². The van der Waals surface area contributed by atoms with Gasteiger partial charge in [0.15, 0.2) is 0 Å². The molecule has 2 rings (SSSR count). The molecule has 0 bridgehead atoms. The second-order valence-corrected chi connectivity index (χ2v) is 5.15. The molecule has 20 heavy (non-hydrogen) atoms. The van der Waals surface area contributed by atoms with E-state index in [1.807, 2.05) is 0 Å². The summed E-state index contributed by atoms with van der Waals surface area (Å²) >= 11 is 0. The fraction of sp³-hybridized carbons (Fsp3) is 0.429. The van der Waals surface area contributed by atoms with Gasteiger partial charge in [0, 0.05) is 23.9 Å². The summed E-state index contributed by atoms with van der Waals surface area (Å²) in [7, 11) is 0. The van der Waals surface area contributed by atoms with Crippen molar-refractivity contribution >= 4 is 11.9 Å². The van der Waals surface area contributed by atoms with Crippen molar-refractivity contribution in [1.82, 2.24) is 4.90 Å². The molecule has 0 radical (unpaired) electrons. The van der Waals surface area contributed by atoms with E-state index in [4.69, 9.17) is 5.11 Å². The monoisotopic (exact) mass is 283 g/mol. The summed E-state index contributed by atoms with van der Waals surface area (Å²) < 4.78 is 27.9. The molecule has 1 aliphatic rings. The highest BCUT2D eigenvalue weighted by Gasteiger charge is 2.41. The van der Waals surface area contributed by atoms with Crippen molar-refractivity contribution in [1.29, 1.82) is 0 Å². The highest BCUT2D eigenvalue weighted by Crippen LogP contribution is 2.36. The van der Waals surface area contributed by atoms with Crippen LogP contribution in [0.25, 0.3) is 0 Å². The quantitative estimate of drug-likeness (QED) is 0.922. The predicted molar refractivity (Wildman–Crippen MR) is 67.2 cm³/mol. The number of benzene rings is 1. The maximum Gasteiger partial charge on any atom is 0.323 e. The van der Waals surface area contributed by atoms with E-state index < -0.39 is 41.9 Å². The Hall–Kier alpha value is -1.98. The van der Waals surface area contributed by atoms with Crippen molar-refractivity contribution in [3.05, 3.63) is 34.9 Å². The Morgan fingerprint density at radius 1 is 1.40 bits per heavy atom. The first-order valence-electron chi connectivity index (χ1n) is 6.27. The van der Waals surface area contributed by atoms with Crippen LogP contribution in [0, 0.1) is 24.5 Å². The van der Waals surface area contributed by atoms with Gasteiger partial charge in [0.2, 0.25) is 5.91 Å². The number of hydrogen-bond donors (Lipinski definition) is 1. The number of likely N-dealkylation sites (tertiary alicyclic amines) is 1. The van der Waals surface area contributed by atoms with Gasteiger partial charge in [-0.05, 0) is 24.6 Å². The van der Waals surface area contributed by atoms with Crippen LogP contribution in [0.4, 0.5) is 8.78 Å². The molecular weight excluding hydrogens is 268 g/mol. The van der Waals surface area contributed by atoms with Gasteiger partial charge in [-0.3, -0.25) is 9.59 Å². The third-order valence-corrected chi connectivity index (χ3v) is 3.64. The normalized spacial score (nSPS) is 22.4. The molecule has 0 spiro atoms. The number of carboxylic acids is 1. The number of aliphatic carboxylic acids is 1. The minimum atomic E-state index is -1.14. The Morgan fingerprint density at radius 3 is 2.45 bits per heavy atom. The van der Waals surface area contributed by atoms with Crippen LogP contribution in [0.2, 0.25) is 0 Å². The lowest BCUT2D eigenvalue weighted by Gasteiger charge is -2.16. The number of nitrogens with zero attached hydrogens (tertiary/aromatic N) is 1. The summed E-state index contributed by atoms with van der Waals surface area (Å²) in [5.41, 5.74) is 0.326. The summed E-state index contributed by atoms with van der Waals surface area (Å²) in [5, 5.41) is 8.74. The van der Waals surface area contributed by atoms with Gasteiger partial charge < -0.3 is 10.0 Å². The fourth-order valence-corrected chi connectivity index (χ4v) is 2.66. The average molecular weight is 283 g/mol. The van der Waals surface area contributed by atoms with Crippen molar-refractivity contribution in [2.75, 3.05) is 13.1 Å². The van der Waals surface area contributed by atoms with Crippen LogP contribution >= 0.6 is 0 Å². The molecule has 1 aromatic carbocycles. The molecule has 1 amide bonds. The van der Waals surface area contributed by atoms with E-state index >= 15 is 0 Å². The summed E-state index contributed by atoms with van der Waals surface area (Å²) in [5.74, 6) is -4.22. The van der Waals surface area contributed by atoms with Gasteiger partial charge in [-0.25, -0.2) is 8.78 Å². The molecule has 0 unspecified atom stereocenters. The van der Waals surface area contributed by atoms with Crippen LogP contribution in [0.1, 0.15) is 24.0 Å². The number of amides is 1. The van der Waals surface area contributed by atoms with Crippen LogP contribution in [0.5, 0.6) is 0 Å². The Balaban J connectivity index is 2.35. The molecule has 0 aliphatic carbocycles. The van der Waals surface area contributed by atoms with E-state index in [1.165, 1.54) is 12.1 Å². The van der Waals surface area contributed by atoms with Gasteiger partial charge in [-0.1, -0.05) is 6.92 Å². The standard InChI is InChI=1S/C14H15F2NO3/c1-7-3-10(15)13(11(16)4-7)9-5-17(6-12(18)19)14(20)8(9)2/h3-4,8-9H,5-6H2,1-2H3,(H,18,19)/t8-,9+/m0/s1. The number of rotatable bonds is 3. The highest BCUT2D eigenvalue weighted by atomic mass is 19.1. The minimum Gasteiger partial charge on any atom is -0.480 e.